The SMILES string of the molecule is CN(C)P1OCC(C)(C)N1C. The fourth-order valence-corrected chi connectivity index (χ4v) is 2.90. The third kappa shape index (κ3) is 1.73. The lowest BCUT2D eigenvalue weighted by atomic mass is 10.1. The number of hydrogen-bond donors (Lipinski definition) is 0. The zero-order valence-corrected chi connectivity index (χ0v) is 8.85. The predicted octanol–water partition coefficient (Wildman–Crippen LogP) is 1.52. The Kier molecular flexibility index (Phi) is 2.55. The molecule has 11 heavy (non-hydrogen) atoms. The van der Waals surface area contributed by atoms with Crippen LogP contribution in [0, 0.1) is 0 Å². The van der Waals surface area contributed by atoms with Gasteiger partial charge in [0.05, 0.1) is 6.61 Å². The molecule has 66 valence electrons. The van der Waals surface area contributed by atoms with Gasteiger partial charge in [-0.2, -0.15) is 0 Å². The molecule has 0 aromatic rings. The van der Waals surface area contributed by atoms with Crippen LogP contribution >= 0.6 is 8.45 Å². The number of likely N-dealkylation sites (N-methyl/N-ethyl adjacent to an activating group) is 1. The Bertz CT molecular complexity index is 149. The Labute approximate surface area is 70.3 Å². The Hall–Kier alpha value is 0.310. The molecule has 0 N–H and O–H groups in total. The first-order valence-corrected chi connectivity index (χ1v) is 4.96. The summed E-state index contributed by atoms with van der Waals surface area (Å²) in [6, 6.07) is 0. The molecule has 1 atom stereocenters. The van der Waals surface area contributed by atoms with Crippen LogP contribution in [0.1, 0.15) is 13.8 Å². The molecule has 0 spiro atoms. The second kappa shape index (κ2) is 2.98. The van der Waals surface area contributed by atoms with Crippen molar-refractivity contribution in [3.63, 3.8) is 0 Å². The van der Waals surface area contributed by atoms with Crippen LogP contribution in [0.2, 0.25) is 0 Å². The van der Waals surface area contributed by atoms with Crippen molar-refractivity contribution in [3.8, 4) is 0 Å². The molecule has 1 heterocycles. The summed E-state index contributed by atoms with van der Waals surface area (Å²) in [5.41, 5.74) is 0.204. The molecule has 1 saturated heterocycles. The van der Waals surface area contributed by atoms with E-state index in [-0.39, 0.29) is 5.54 Å². The quantitative estimate of drug-likeness (QED) is 0.563. The van der Waals surface area contributed by atoms with E-state index in [0.29, 0.717) is 0 Å². The van der Waals surface area contributed by atoms with Gasteiger partial charge < -0.3 is 4.52 Å². The fraction of sp³-hybridized carbons (Fsp3) is 1.00. The molecule has 0 bridgehead atoms. The average molecular weight is 176 g/mol. The topological polar surface area (TPSA) is 15.7 Å². The van der Waals surface area contributed by atoms with Crippen molar-refractivity contribution in [2.24, 2.45) is 0 Å². The first-order chi connectivity index (χ1) is 4.95. The molecule has 3 nitrogen and oxygen atoms in total. The Balaban J connectivity index is 2.63. The van der Waals surface area contributed by atoms with Crippen LogP contribution in [0.4, 0.5) is 0 Å². The molecule has 1 unspecified atom stereocenters. The highest BCUT2D eigenvalue weighted by atomic mass is 31.2. The van der Waals surface area contributed by atoms with Crippen LogP contribution < -0.4 is 0 Å². The summed E-state index contributed by atoms with van der Waals surface area (Å²) in [6.07, 6.45) is 0. The van der Waals surface area contributed by atoms with Crippen LogP contribution in [0.3, 0.4) is 0 Å². The predicted molar refractivity (Wildman–Crippen MR) is 48.4 cm³/mol. The summed E-state index contributed by atoms with van der Waals surface area (Å²) in [5, 5.41) is 0. The van der Waals surface area contributed by atoms with Crippen molar-refractivity contribution >= 4 is 8.45 Å². The van der Waals surface area contributed by atoms with Gasteiger partial charge in [0.1, 0.15) is 0 Å². The lowest BCUT2D eigenvalue weighted by Crippen LogP contribution is -2.35. The van der Waals surface area contributed by atoms with E-state index in [4.69, 9.17) is 4.52 Å². The largest absolute Gasteiger partial charge is 0.329 e. The first kappa shape index (κ1) is 9.40. The molecular weight excluding hydrogens is 159 g/mol. The van der Waals surface area contributed by atoms with Crippen molar-refractivity contribution in [1.82, 2.24) is 9.34 Å². The van der Waals surface area contributed by atoms with Gasteiger partial charge in [-0.1, -0.05) is 0 Å². The zero-order chi connectivity index (χ0) is 8.65. The summed E-state index contributed by atoms with van der Waals surface area (Å²) in [4.78, 5) is 0. The molecule has 4 heteroatoms. The van der Waals surface area contributed by atoms with Gasteiger partial charge >= 0.3 is 0 Å². The molecule has 1 fully saturated rings. The van der Waals surface area contributed by atoms with E-state index in [1.54, 1.807) is 0 Å². The standard InChI is InChI=1S/C7H17N2OP/c1-7(2)6-10-11(8(3)4)9(7)5/h6H2,1-5H3. The highest BCUT2D eigenvalue weighted by Crippen LogP contribution is 2.52. The highest BCUT2D eigenvalue weighted by Gasteiger charge is 2.39. The van der Waals surface area contributed by atoms with Crippen molar-refractivity contribution in [2.45, 2.75) is 19.4 Å². The minimum atomic E-state index is -0.487. The molecule has 1 aliphatic rings. The monoisotopic (exact) mass is 176 g/mol. The molecule has 1 rings (SSSR count). The third-order valence-corrected chi connectivity index (χ3v) is 4.11. The molecule has 0 aromatic heterocycles. The van der Waals surface area contributed by atoms with Gasteiger partial charge in [-0.3, -0.25) is 4.67 Å². The molecule has 0 amide bonds. The Morgan fingerprint density at radius 1 is 1.45 bits per heavy atom. The van der Waals surface area contributed by atoms with E-state index >= 15 is 0 Å². The van der Waals surface area contributed by atoms with Crippen LogP contribution in [0.5, 0.6) is 0 Å². The highest BCUT2D eigenvalue weighted by molar-refractivity contribution is 7.47. The molecule has 1 aliphatic heterocycles. The van der Waals surface area contributed by atoms with Crippen LogP contribution in [-0.4, -0.2) is 42.6 Å². The van der Waals surface area contributed by atoms with Gasteiger partial charge in [-0.25, -0.2) is 4.67 Å². The van der Waals surface area contributed by atoms with Crippen LogP contribution in [0.25, 0.3) is 0 Å². The van der Waals surface area contributed by atoms with Gasteiger partial charge in [0.2, 0.25) is 0 Å². The zero-order valence-electron chi connectivity index (χ0n) is 7.96. The second-order valence-electron chi connectivity index (χ2n) is 3.71. The van der Waals surface area contributed by atoms with Gasteiger partial charge in [0.15, 0.2) is 8.45 Å². The summed E-state index contributed by atoms with van der Waals surface area (Å²) < 4.78 is 10.1. The second-order valence-corrected chi connectivity index (χ2v) is 5.87. The van der Waals surface area contributed by atoms with Gasteiger partial charge in [0.25, 0.3) is 0 Å². The smallest absolute Gasteiger partial charge is 0.187 e. The van der Waals surface area contributed by atoms with E-state index in [0.717, 1.165) is 6.61 Å². The molecule has 0 aromatic carbocycles. The average Bonchev–Trinajstić information content (AvgIpc) is 2.09. The minimum Gasteiger partial charge on any atom is -0.329 e. The Morgan fingerprint density at radius 2 is 2.00 bits per heavy atom. The normalized spacial score (nSPS) is 31.6. The molecule has 0 saturated carbocycles. The maximum atomic E-state index is 5.66. The molecular formula is C7H17N2OP. The maximum Gasteiger partial charge on any atom is 0.187 e. The summed E-state index contributed by atoms with van der Waals surface area (Å²) >= 11 is 0. The summed E-state index contributed by atoms with van der Waals surface area (Å²) in [7, 11) is 5.76. The maximum absolute atomic E-state index is 5.66. The van der Waals surface area contributed by atoms with Crippen molar-refractivity contribution < 1.29 is 4.52 Å². The van der Waals surface area contributed by atoms with Crippen molar-refractivity contribution in [1.29, 1.82) is 0 Å². The Morgan fingerprint density at radius 3 is 2.18 bits per heavy atom. The third-order valence-electron chi connectivity index (χ3n) is 2.01. The van der Waals surface area contributed by atoms with E-state index < -0.39 is 8.45 Å². The first-order valence-electron chi connectivity index (χ1n) is 3.79. The van der Waals surface area contributed by atoms with E-state index in [9.17, 15) is 0 Å². The number of hydrogen-bond acceptors (Lipinski definition) is 3. The molecule has 0 radical (unpaired) electrons. The molecule has 0 aliphatic carbocycles. The summed E-state index contributed by atoms with van der Waals surface area (Å²) in [6.45, 7) is 5.26. The van der Waals surface area contributed by atoms with Crippen molar-refractivity contribution in [2.75, 3.05) is 27.7 Å². The van der Waals surface area contributed by atoms with E-state index in [1.807, 2.05) is 0 Å². The van der Waals surface area contributed by atoms with Gasteiger partial charge in [-0.15, -0.1) is 0 Å². The van der Waals surface area contributed by atoms with Crippen LogP contribution in [0.15, 0.2) is 0 Å². The van der Waals surface area contributed by atoms with Gasteiger partial charge in [0, 0.05) is 5.54 Å². The fourth-order valence-electron chi connectivity index (χ4n) is 1.01. The van der Waals surface area contributed by atoms with Gasteiger partial charge in [-0.05, 0) is 35.0 Å². The van der Waals surface area contributed by atoms with Crippen LogP contribution in [-0.2, 0) is 4.52 Å². The van der Waals surface area contributed by atoms with Crippen molar-refractivity contribution in [3.05, 3.63) is 0 Å². The minimum absolute atomic E-state index is 0.204. The van der Waals surface area contributed by atoms with E-state index in [1.165, 1.54) is 0 Å². The van der Waals surface area contributed by atoms with E-state index in [2.05, 4.69) is 44.3 Å². The number of nitrogens with zero attached hydrogens (tertiary/aromatic N) is 2. The summed E-state index contributed by atoms with van der Waals surface area (Å²) in [5.74, 6) is 0. The number of rotatable bonds is 1. The lowest BCUT2D eigenvalue weighted by molar-refractivity contribution is 0.247. The lowest BCUT2D eigenvalue weighted by Gasteiger charge is -2.30.